The lowest BCUT2D eigenvalue weighted by atomic mass is 10.1. The molecule has 1 aromatic heterocycles. The minimum atomic E-state index is 0.194. The molecular weight excluding hydrogens is 260 g/mol. The van der Waals surface area contributed by atoms with Crippen molar-refractivity contribution in [2.75, 3.05) is 0 Å². The van der Waals surface area contributed by atoms with Crippen LogP contribution < -0.4 is 10.5 Å². The van der Waals surface area contributed by atoms with E-state index in [-0.39, 0.29) is 6.04 Å². The number of hydrogen-bond acceptors (Lipinski definition) is 3. The Morgan fingerprint density at radius 2 is 2.00 bits per heavy atom. The number of nitrogens with zero attached hydrogens (tertiary/aromatic N) is 1. The molecule has 0 fully saturated rings. The molecule has 0 saturated carbocycles. The molecule has 2 rings (SSSR count). The van der Waals surface area contributed by atoms with Gasteiger partial charge in [0.25, 0.3) is 0 Å². The molecule has 2 N–H and O–H groups in total. The summed E-state index contributed by atoms with van der Waals surface area (Å²) in [6.07, 6.45) is 4.69. The number of ether oxygens (including phenoxy) is 1. The quantitative estimate of drug-likeness (QED) is 0.871. The van der Waals surface area contributed by atoms with Crippen molar-refractivity contribution in [1.82, 2.24) is 4.98 Å². The van der Waals surface area contributed by atoms with E-state index in [0.29, 0.717) is 5.88 Å². The van der Waals surface area contributed by atoms with Gasteiger partial charge >= 0.3 is 0 Å². The second-order valence-electron chi connectivity index (χ2n) is 5.44. The van der Waals surface area contributed by atoms with Crippen LogP contribution in [0.1, 0.15) is 37.0 Å². The molecule has 0 aliphatic rings. The highest BCUT2D eigenvalue weighted by Crippen LogP contribution is 2.24. The van der Waals surface area contributed by atoms with Crippen molar-refractivity contribution in [1.29, 1.82) is 0 Å². The molecule has 21 heavy (non-hydrogen) atoms. The van der Waals surface area contributed by atoms with Gasteiger partial charge in [0.2, 0.25) is 5.88 Å². The molecule has 0 amide bonds. The highest BCUT2D eigenvalue weighted by Gasteiger charge is 2.07. The van der Waals surface area contributed by atoms with Crippen LogP contribution in [-0.2, 0) is 12.8 Å². The highest BCUT2D eigenvalue weighted by atomic mass is 16.5. The van der Waals surface area contributed by atoms with Crippen LogP contribution >= 0.6 is 0 Å². The van der Waals surface area contributed by atoms with Crippen molar-refractivity contribution in [2.24, 2.45) is 5.73 Å². The first-order valence-electron chi connectivity index (χ1n) is 7.60. The monoisotopic (exact) mass is 284 g/mol. The highest BCUT2D eigenvalue weighted by molar-refractivity contribution is 5.35. The van der Waals surface area contributed by atoms with Crippen LogP contribution in [0.15, 0.2) is 36.5 Å². The molecule has 1 aromatic carbocycles. The van der Waals surface area contributed by atoms with Crippen LogP contribution in [0.2, 0.25) is 0 Å². The minimum Gasteiger partial charge on any atom is -0.439 e. The zero-order valence-electron chi connectivity index (χ0n) is 13.1. The molecule has 0 saturated heterocycles. The smallest absolute Gasteiger partial charge is 0.222 e. The lowest BCUT2D eigenvalue weighted by Gasteiger charge is -2.12. The molecule has 3 heteroatoms. The Morgan fingerprint density at radius 1 is 1.19 bits per heavy atom. The van der Waals surface area contributed by atoms with E-state index in [0.717, 1.165) is 36.1 Å². The third kappa shape index (κ3) is 4.30. The largest absolute Gasteiger partial charge is 0.439 e. The zero-order chi connectivity index (χ0) is 15.2. The normalized spacial score (nSPS) is 12.2. The summed E-state index contributed by atoms with van der Waals surface area (Å²) in [7, 11) is 0. The number of hydrogen-bond donors (Lipinski definition) is 1. The van der Waals surface area contributed by atoms with Crippen molar-refractivity contribution in [3.05, 3.63) is 53.2 Å². The van der Waals surface area contributed by atoms with Gasteiger partial charge in [-0.15, -0.1) is 0 Å². The Kier molecular flexibility index (Phi) is 5.34. The summed E-state index contributed by atoms with van der Waals surface area (Å²) in [6, 6.07) is 10.4. The van der Waals surface area contributed by atoms with Gasteiger partial charge in [-0.1, -0.05) is 26.0 Å². The third-order valence-electron chi connectivity index (χ3n) is 3.63. The van der Waals surface area contributed by atoms with Crippen LogP contribution in [0.3, 0.4) is 0 Å². The van der Waals surface area contributed by atoms with Crippen LogP contribution in [0, 0.1) is 6.92 Å². The molecule has 1 atom stereocenters. The number of aromatic nitrogens is 1. The first kappa shape index (κ1) is 15.5. The zero-order valence-corrected chi connectivity index (χ0v) is 13.1. The summed E-state index contributed by atoms with van der Waals surface area (Å²) in [5, 5.41) is 0. The molecule has 0 aliphatic carbocycles. The summed E-state index contributed by atoms with van der Waals surface area (Å²) < 4.78 is 5.90. The predicted octanol–water partition coefficient (Wildman–Crippen LogP) is 4.02. The average molecular weight is 284 g/mol. The second-order valence-corrected chi connectivity index (χ2v) is 5.44. The molecular formula is C18H24N2O. The molecule has 2 aromatic rings. The summed E-state index contributed by atoms with van der Waals surface area (Å²) in [5.74, 6) is 1.50. The van der Waals surface area contributed by atoms with Crippen LogP contribution in [0.4, 0.5) is 0 Å². The first-order chi connectivity index (χ1) is 10.1. The van der Waals surface area contributed by atoms with E-state index >= 15 is 0 Å². The van der Waals surface area contributed by atoms with Gasteiger partial charge < -0.3 is 10.5 Å². The Morgan fingerprint density at radius 3 is 2.67 bits per heavy atom. The molecule has 112 valence electrons. The van der Waals surface area contributed by atoms with E-state index < -0.39 is 0 Å². The standard InChI is InChI=1S/C18H24N2O/c1-4-14-7-6-8-17(11-14)21-18-13(3)9-15(12-20-18)10-16(19)5-2/h6-9,11-12,16H,4-5,10,19H2,1-3H3. The van der Waals surface area contributed by atoms with Crippen molar-refractivity contribution in [2.45, 2.75) is 46.1 Å². The van der Waals surface area contributed by atoms with Crippen molar-refractivity contribution in [3.63, 3.8) is 0 Å². The van der Waals surface area contributed by atoms with E-state index in [4.69, 9.17) is 10.5 Å². The number of pyridine rings is 1. The second kappa shape index (κ2) is 7.23. The topological polar surface area (TPSA) is 48.1 Å². The Hall–Kier alpha value is -1.87. The van der Waals surface area contributed by atoms with Gasteiger partial charge in [0.15, 0.2) is 0 Å². The lowest BCUT2D eigenvalue weighted by Crippen LogP contribution is -2.21. The number of aryl methyl sites for hydroxylation is 2. The van der Waals surface area contributed by atoms with Crippen molar-refractivity contribution in [3.8, 4) is 11.6 Å². The van der Waals surface area contributed by atoms with Crippen LogP contribution in [-0.4, -0.2) is 11.0 Å². The molecule has 1 heterocycles. The fourth-order valence-electron chi connectivity index (χ4n) is 2.23. The molecule has 1 unspecified atom stereocenters. The van der Waals surface area contributed by atoms with Crippen LogP contribution in [0.25, 0.3) is 0 Å². The van der Waals surface area contributed by atoms with Crippen molar-refractivity contribution >= 4 is 0 Å². The number of rotatable bonds is 6. The van der Waals surface area contributed by atoms with Gasteiger partial charge in [0.05, 0.1) is 0 Å². The van der Waals surface area contributed by atoms with Gasteiger partial charge in [-0.25, -0.2) is 4.98 Å². The molecule has 0 radical (unpaired) electrons. The Bertz CT molecular complexity index is 596. The summed E-state index contributed by atoms with van der Waals surface area (Å²) in [5.41, 5.74) is 9.45. The summed E-state index contributed by atoms with van der Waals surface area (Å²) in [6.45, 7) is 6.25. The Balaban J connectivity index is 2.13. The minimum absolute atomic E-state index is 0.194. The number of nitrogens with two attached hydrogens (primary N) is 1. The van der Waals surface area contributed by atoms with E-state index in [1.807, 2.05) is 25.3 Å². The maximum atomic E-state index is 5.99. The maximum absolute atomic E-state index is 5.99. The SMILES string of the molecule is CCc1cccc(Oc2ncc(CC(N)CC)cc2C)c1. The summed E-state index contributed by atoms with van der Waals surface area (Å²) >= 11 is 0. The summed E-state index contributed by atoms with van der Waals surface area (Å²) in [4.78, 5) is 4.44. The predicted molar refractivity (Wildman–Crippen MR) is 86.8 cm³/mol. The van der Waals surface area contributed by atoms with E-state index in [1.165, 1.54) is 5.56 Å². The molecule has 0 spiro atoms. The van der Waals surface area contributed by atoms with Gasteiger partial charge in [-0.2, -0.15) is 0 Å². The molecule has 0 bridgehead atoms. The van der Waals surface area contributed by atoms with Crippen LogP contribution in [0.5, 0.6) is 11.6 Å². The van der Waals surface area contributed by atoms with Gasteiger partial charge in [-0.05, 0) is 55.5 Å². The van der Waals surface area contributed by atoms with Gasteiger partial charge in [0.1, 0.15) is 5.75 Å². The first-order valence-corrected chi connectivity index (χ1v) is 7.60. The van der Waals surface area contributed by atoms with E-state index in [2.05, 4.69) is 37.0 Å². The van der Waals surface area contributed by atoms with Crippen molar-refractivity contribution < 1.29 is 4.74 Å². The lowest BCUT2D eigenvalue weighted by molar-refractivity contribution is 0.457. The average Bonchev–Trinajstić information content (AvgIpc) is 2.50. The maximum Gasteiger partial charge on any atom is 0.222 e. The van der Waals surface area contributed by atoms with E-state index in [1.54, 1.807) is 0 Å². The van der Waals surface area contributed by atoms with Gasteiger partial charge in [-0.3, -0.25) is 0 Å². The molecule has 3 nitrogen and oxygen atoms in total. The van der Waals surface area contributed by atoms with E-state index in [9.17, 15) is 0 Å². The van der Waals surface area contributed by atoms with Gasteiger partial charge in [0, 0.05) is 17.8 Å². The molecule has 0 aliphatic heterocycles. The number of benzene rings is 1. The Labute approximate surface area is 127 Å². The third-order valence-corrected chi connectivity index (χ3v) is 3.63. The fraction of sp³-hybridized carbons (Fsp3) is 0.389. The fourth-order valence-corrected chi connectivity index (χ4v) is 2.23.